The molecule has 160 valence electrons. The lowest BCUT2D eigenvalue weighted by Gasteiger charge is -2.22. The van der Waals surface area contributed by atoms with Crippen LogP contribution in [0, 0.1) is 6.92 Å². The molecule has 0 saturated heterocycles. The summed E-state index contributed by atoms with van der Waals surface area (Å²) in [5, 5.41) is 11.0. The van der Waals surface area contributed by atoms with Crippen molar-refractivity contribution in [3.8, 4) is 16.9 Å². The number of methoxy groups -OCH3 is 2. The summed E-state index contributed by atoms with van der Waals surface area (Å²) in [7, 11) is 3.30. The van der Waals surface area contributed by atoms with E-state index >= 15 is 0 Å². The van der Waals surface area contributed by atoms with Gasteiger partial charge in [0.05, 0.1) is 29.7 Å². The van der Waals surface area contributed by atoms with Crippen LogP contribution >= 0.6 is 15.9 Å². The minimum atomic E-state index is -0.113. The van der Waals surface area contributed by atoms with E-state index in [1.807, 2.05) is 24.3 Å². The van der Waals surface area contributed by atoms with Crippen LogP contribution < -0.4 is 5.43 Å². The molecule has 0 aliphatic rings. The van der Waals surface area contributed by atoms with Gasteiger partial charge < -0.3 is 19.0 Å². The van der Waals surface area contributed by atoms with Crippen LogP contribution in [0.1, 0.15) is 11.3 Å². The SMILES string of the molecule is COCCN(CCOC)Cc1c(O)ccc2c(=O)c(-c3ccc(Br)cc3)c(C)oc12. The zero-order valence-corrected chi connectivity index (χ0v) is 19.0. The highest BCUT2D eigenvalue weighted by atomic mass is 79.9. The topological polar surface area (TPSA) is 72.1 Å². The fourth-order valence-corrected chi connectivity index (χ4v) is 3.71. The van der Waals surface area contributed by atoms with Crippen molar-refractivity contribution >= 4 is 26.9 Å². The molecule has 0 aliphatic heterocycles. The minimum absolute atomic E-state index is 0.0984. The van der Waals surface area contributed by atoms with E-state index in [1.54, 1.807) is 33.3 Å². The highest BCUT2D eigenvalue weighted by molar-refractivity contribution is 9.10. The van der Waals surface area contributed by atoms with Crippen molar-refractivity contribution < 1.29 is 19.0 Å². The first-order valence-corrected chi connectivity index (χ1v) is 10.5. The molecule has 3 aromatic rings. The normalized spacial score (nSPS) is 11.5. The zero-order valence-electron chi connectivity index (χ0n) is 17.4. The van der Waals surface area contributed by atoms with E-state index in [0.717, 1.165) is 10.0 Å². The maximum absolute atomic E-state index is 13.3. The monoisotopic (exact) mass is 475 g/mol. The van der Waals surface area contributed by atoms with E-state index < -0.39 is 0 Å². The number of benzene rings is 2. The molecule has 0 bridgehead atoms. The Morgan fingerprint density at radius 3 is 2.27 bits per heavy atom. The lowest BCUT2D eigenvalue weighted by Crippen LogP contribution is -2.30. The first kappa shape index (κ1) is 22.5. The van der Waals surface area contributed by atoms with Gasteiger partial charge in [0.1, 0.15) is 17.1 Å². The highest BCUT2D eigenvalue weighted by Crippen LogP contribution is 2.31. The predicted molar refractivity (Wildman–Crippen MR) is 121 cm³/mol. The molecule has 0 amide bonds. The predicted octanol–water partition coefficient (Wildman–Crippen LogP) is 4.33. The first-order valence-electron chi connectivity index (χ1n) is 9.70. The van der Waals surface area contributed by atoms with Crippen LogP contribution in [0.4, 0.5) is 0 Å². The molecular weight excluding hydrogens is 450 g/mol. The number of nitrogens with zero attached hydrogens (tertiary/aromatic N) is 1. The van der Waals surface area contributed by atoms with E-state index in [-0.39, 0.29) is 11.2 Å². The fraction of sp³-hybridized carbons (Fsp3) is 0.348. The third-order valence-corrected chi connectivity index (χ3v) is 5.58. The van der Waals surface area contributed by atoms with Gasteiger partial charge in [-0.1, -0.05) is 28.1 Å². The molecule has 0 fully saturated rings. The van der Waals surface area contributed by atoms with E-state index in [2.05, 4.69) is 20.8 Å². The maximum Gasteiger partial charge on any atom is 0.200 e. The maximum atomic E-state index is 13.3. The van der Waals surface area contributed by atoms with E-state index in [4.69, 9.17) is 13.9 Å². The van der Waals surface area contributed by atoms with Crippen molar-refractivity contribution in [2.45, 2.75) is 13.5 Å². The number of phenolic OH excluding ortho intramolecular Hbond substituents is 1. The van der Waals surface area contributed by atoms with E-state index in [9.17, 15) is 9.90 Å². The molecule has 30 heavy (non-hydrogen) atoms. The molecule has 1 aromatic heterocycles. The van der Waals surface area contributed by atoms with Crippen LogP contribution in [0.5, 0.6) is 5.75 Å². The van der Waals surface area contributed by atoms with Crippen molar-refractivity contribution in [1.82, 2.24) is 4.90 Å². The number of hydrogen-bond donors (Lipinski definition) is 1. The zero-order chi connectivity index (χ0) is 21.7. The largest absolute Gasteiger partial charge is 0.507 e. The Morgan fingerprint density at radius 1 is 1.03 bits per heavy atom. The molecule has 0 saturated carbocycles. The molecule has 1 heterocycles. The summed E-state index contributed by atoms with van der Waals surface area (Å²) in [6.45, 7) is 4.61. The Labute approximate surface area is 184 Å². The Kier molecular flexibility index (Phi) is 7.66. The third-order valence-electron chi connectivity index (χ3n) is 5.05. The third kappa shape index (κ3) is 4.92. The second kappa shape index (κ2) is 10.2. The van der Waals surface area contributed by atoms with Gasteiger partial charge in [-0.2, -0.15) is 0 Å². The molecular formula is C23H26BrNO5. The van der Waals surface area contributed by atoms with Crippen LogP contribution in [-0.4, -0.2) is 50.5 Å². The van der Waals surface area contributed by atoms with Crippen LogP contribution in [0.15, 0.2) is 50.1 Å². The molecule has 0 unspecified atom stereocenters. The van der Waals surface area contributed by atoms with Crippen molar-refractivity contribution in [3.05, 3.63) is 62.4 Å². The number of phenols is 1. The van der Waals surface area contributed by atoms with Gasteiger partial charge in [-0.3, -0.25) is 9.69 Å². The van der Waals surface area contributed by atoms with Gasteiger partial charge in [0.15, 0.2) is 0 Å². The van der Waals surface area contributed by atoms with Gasteiger partial charge >= 0.3 is 0 Å². The number of halogens is 1. The summed E-state index contributed by atoms with van der Waals surface area (Å²) < 4.78 is 17.5. The van der Waals surface area contributed by atoms with Gasteiger partial charge in [-0.05, 0) is 36.8 Å². The number of aryl methyl sites for hydroxylation is 1. The van der Waals surface area contributed by atoms with Gasteiger partial charge in [-0.25, -0.2) is 0 Å². The van der Waals surface area contributed by atoms with Gasteiger partial charge in [0.25, 0.3) is 0 Å². The van der Waals surface area contributed by atoms with Crippen molar-refractivity contribution in [2.24, 2.45) is 0 Å². The molecule has 1 N–H and O–H groups in total. The number of ether oxygens (including phenoxy) is 2. The summed E-state index contributed by atoms with van der Waals surface area (Å²) in [6, 6.07) is 10.7. The molecule has 0 aliphatic carbocycles. The molecule has 7 heteroatoms. The summed E-state index contributed by atoms with van der Waals surface area (Å²) in [6.07, 6.45) is 0. The molecule has 3 rings (SSSR count). The van der Waals surface area contributed by atoms with Crippen LogP contribution in [-0.2, 0) is 16.0 Å². The standard InChI is InChI=1S/C23H26BrNO5/c1-15-21(16-4-6-17(24)7-5-16)22(27)18-8-9-20(26)19(23(18)30-15)14-25(10-12-28-2)11-13-29-3/h4-9,26H,10-14H2,1-3H3. The minimum Gasteiger partial charge on any atom is -0.507 e. The second-order valence-corrected chi connectivity index (χ2v) is 7.99. The average Bonchev–Trinajstić information content (AvgIpc) is 2.73. The first-order chi connectivity index (χ1) is 14.5. The summed E-state index contributed by atoms with van der Waals surface area (Å²) >= 11 is 3.42. The number of hydrogen-bond acceptors (Lipinski definition) is 6. The Morgan fingerprint density at radius 2 is 1.67 bits per heavy atom. The second-order valence-electron chi connectivity index (χ2n) is 7.07. The van der Waals surface area contributed by atoms with E-state index in [0.29, 0.717) is 60.7 Å². The lowest BCUT2D eigenvalue weighted by atomic mass is 10.0. The lowest BCUT2D eigenvalue weighted by molar-refractivity contribution is 0.110. The summed E-state index contributed by atoms with van der Waals surface area (Å²) in [5.41, 5.74) is 2.21. The molecule has 6 nitrogen and oxygen atoms in total. The fourth-order valence-electron chi connectivity index (χ4n) is 3.45. The molecule has 0 radical (unpaired) electrons. The molecule has 0 atom stereocenters. The smallest absolute Gasteiger partial charge is 0.200 e. The van der Waals surface area contributed by atoms with Crippen molar-refractivity contribution in [3.63, 3.8) is 0 Å². The van der Waals surface area contributed by atoms with Crippen molar-refractivity contribution in [2.75, 3.05) is 40.5 Å². The van der Waals surface area contributed by atoms with Crippen molar-refractivity contribution in [1.29, 1.82) is 0 Å². The van der Waals surface area contributed by atoms with Gasteiger partial charge in [-0.15, -0.1) is 0 Å². The van der Waals surface area contributed by atoms with E-state index in [1.165, 1.54) is 0 Å². The van der Waals surface area contributed by atoms with Crippen LogP contribution in [0.25, 0.3) is 22.1 Å². The number of rotatable bonds is 9. The highest BCUT2D eigenvalue weighted by Gasteiger charge is 2.19. The molecule has 0 spiro atoms. The number of fused-ring (bicyclic) bond motifs is 1. The van der Waals surface area contributed by atoms with Crippen LogP contribution in [0.2, 0.25) is 0 Å². The summed E-state index contributed by atoms with van der Waals surface area (Å²) in [5.74, 6) is 0.614. The van der Waals surface area contributed by atoms with Gasteiger partial charge in [0.2, 0.25) is 5.43 Å². The summed E-state index contributed by atoms with van der Waals surface area (Å²) in [4.78, 5) is 15.4. The average molecular weight is 476 g/mol. The Bertz CT molecular complexity index is 1050. The quantitative estimate of drug-likeness (QED) is 0.496. The Balaban J connectivity index is 2.08. The van der Waals surface area contributed by atoms with Crippen LogP contribution in [0.3, 0.4) is 0 Å². The molecule has 2 aromatic carbocycles. The number of aromatic hydroxyl groups is 1. The Hall–Kier alpha value is -2.19. The van der Waals surface area contributed by atoms with Gasteiger partial charge in [0, 0.05) is 38.3 Å².